The van der Waals surface area contributed by atoms with E-state index < -0.39 is 16.0 Å². The van der Waals surface area contributed by atoms with Crippen LogP contribution in [0, 0.1) is 6.92 Å². The van der Waals surface area contributed by atoms with Crippen LogP contribution >= 0.6 is 0 Å². The zero-order valence-corrected chi connectivity index (χ0v) is 18.0. The number of morpholine rings is 1. The summed E-state index contributed by atoms with van der Waals surface area (Å²) in [4.78, 5) is 12.8. The van der Waals surface area contributed by atoms with Crippen LogP contribution in [0.15, 0.2) is 41.3 Å². The summed E-state index contributed by atoms with van der Waals surface area (Å²) in [6.07, 6.45) is 0. The average molecular weight is 435 g/mol. The molecule has 0 unspecified atom stereocenters. The molecule has 2 aromatic rings. The van der Waals surface area contributed by atoms with E-state index in [2.05, 4.69) is 0 Å². The van der Waals surface area contributed by atoms with Gasteiger partial charge in [-0.3, -0.25) is 0 Å². The van der Waals surface area contributed by atoms with Gasteiger partial charge in [0.15, 0.2) is 0 Å². The summed E-state index contributed by atoms with van der Waals surface area (Å²) in [5.74, 6) is 0.149. The third kappa shape index (κ3) is 4.75. The first-order valence-electron chi connectivity index (χ1n) is 9.43. The van der Waals surface area contributed by atoms with Gasteiger partial charge in [-0.2, -0.15) is 4.31 Å². The number of methoxy groups -OCH3 is 2. The second-order valence-electron chi connectivity index (χ2n) is 6.77. The Hall–Kier alpha value is -2.62. The van der Waals surface area contributed by atoms with Crippen molar-refractivity contribution in [2.24, 2.45) is 0 Å². The van der Waals surface area contributed by atoms with Gasteiger partial charge in [-0.25, -0.2) is 13.2 Å². The van der Waals surface area contributed by atoms with Gasteiger partial charge >= 0.3 is 5.97 Å². The lowest BCUT2D eigenvalue weighted by Gasteiger charge is -2.26. The van der Waals surface area contributed by atoms with Crippen LogP contribution in [0.4, 0.5) is 0 Å². The maximum atomic E-state index is 12.9. The number of sulfonamides is 1. The van der Waals surface area contributed by atoms with Crippen molar-refractivity contribution in [2.45, 2.75) is 18.4 Å². The fraction of sp³-hybridized carbons (Fsp3) is 0.381. The van der Waals surface area contributed by atoms with Gasteiger partial charge in [0.05, 0.1) is 32.3 Å². The molecular weight excluding hydrogens is 410 g/mol. The van der Waals surface area contributed by atoms with Crippen LogP contribution < -0.4 is 9.47 Å². The van der Waals surface area contributed by atoms with E-state index in [1.54, 1.807) is 13.2 Å². The monoisotopic (exact) mass is 435 g/mol. The minimum Gasteiger partial charge on any atom is -0.496 e. The molecule has 0 atom stereocenters. The smallest absolute Gasteiger partial charge is 0.342 e. The Bertz CT molecular complexity index is 1010. The highest BCUT2D eigenvalue weighted by Gasteiger charge is 2.28. The van der Waals surface area contributed by atoms with Crippen LogP contribution in [0.5, 0.6) is 11.5 Å². The normalized spacial score (nSPS) is 14.9. The Morgan fingerprint density at radius 1 is 1.03 bits per heavy atom. The van der Waals surface area contributed by atoms with Gasteiger partial charge < -0.3 is 18.9 Å². The third-order valence-corrected chi connectivity index (χ3v) is 6.69. The summed E-state index contributed by atoms with van der Waals surface area (Å²) in [6, 6.07) is 9.73. The Kier molecular flexibility index (Phi) is 6.96. The van der Waals surface area contributed by atoms with Gasteiger partial charge in [0, 0.05) is 18.7 Å². The van der Waals surface area contributed by atoms with Gasteiger partial charge in [-0.15, -0.1) is 0 Å². The van der Waals surface area contributed by atoms with E-state index in [1.807, 2.05) is 19.1 Å². The fourth-order valence-corrected chi connectivity index (χ4v) is 4.62. The van der Waals surface area contributed by atoms with Crippen molar-refractivity contribution in [3.8, 4) is 11.5 Å². The molecule has 3 rings (SSSR count). The lowest BCUT2D eigenvalue weighted by atomic mass is 10.1. The van der Waals surface area contributed by atoms with Gasteiger partial charge in [-0.05, 0) is 37.3 Å². The maximum absolute atomic E-state index is 12.9. The number of carbonyl (C=O) groups excluding carboxylic acids is 1. The largest absolute Gasteiger partial charge is 0.496 e. The van der Waals surface area contributed by atoms with Crippen molar-refractivity contribution in [3.05, 3.63) is 53.1 Å². The molecule has 0 radical (unpaired) electrons. The van der Waals surface area contributed by atoms with Crippen LogP contribution in [0.1, 0.15) is 21.5 Å². The number of carbonyl (C=O) groups is 1. The highest BCUT2D eigenvalue weighted by Crippen LogP contribution is 2.27. The molecule has 162 valence electrons. The quantitative estimate of drug-likeness (QED) is 0.617. The van der Waals surface area contributed by atoms with Gasteiger partial charge in [-0.1, -0.05) is 11.6 Å². The highest BCUT2D eigenvalue weighted by molar-refractivity contribution is 7.89. The molecule has 1 fully saturated rings. The summed E-state index contributed by atoms with van der Waals surface area (Å²) in [5, 5.41) is 0. The van der Waals surface area contributed by atoms with E-state index >= 15 is 0 Å². The van der Waals surface area contributed by atoms with Crippen molar-refractivity contribution in [1.29, 1.82) is 0 Å². The van der Waals surface area contributed by atoms with E-state index in [0.717, 1.165) is 5.56 Å². The number of hydrogen-bond donors (Lipinski definition) is 0. The molecule has 0 aliphatic carbocycles. The zero-order chi connectivity index (χ0) is 21.7. The Balaban J connectivity index is 1.85. The summed E-state index contributed by atoms with van der Waals surface area (Å²) < 4.78 is 48.4. The van der Waals surface area contributed by atoms with Gasteiger partial charge in [0.2, 0.25) is 10.0 Å². The molecule has 1 heterocycles. The van der Waals surface area contributed by atoms with E-state index in [0.29, 0.717) is 24.5 Å². The van der Waals surface area contributed by atoms with Gasteiger partial charge in [0.1, 0.15) is 23.7 Å². The lowest BCUT2D eigenvalue weighted by molar-refractivity contribution is 0.0466. The molecule has 0 amide bonds. The second-order valence-corrected chi connectivity index (χ2v) is 8.71. The van der Waals surface area contributed by atoms with E-state index in [9.17, 15) is 13.2 Å². The number of nitrogens with zero attached hydrogens (tertiary/aromatic N) is 1. The molecule has 2 aromatic carbocycles. The summed E-state index contributed by atoms with van der Waals surface area (Å²) in [7, 11) is -0.807. The maximum Gasteiger partial charge on any atom is 0.342 e. The predicted molar refractivity (Wildman–Crippen MR) is 109 cm³/mol. The number of hydrogen-bond acceptors (Lipinski definition) is 7. The SMILES string of the molecule is COc1ccc(C)cc1COC(=O)c1cc(S(=O)(=O)N2CCOCC2)ccc1OC. The topological polar surface area (TPSA) is 91.4 Å². The first kappa shape index (κ1) is 22.1. The highest BCUT2D eigenvalue weighted by atomic mass is 32.2. The molecule has 30 heavy (non-hydrogen) atoms. The Morgan fingerprint density at radius 2 is 1.70 bits per heavy atom. The van der Waals surface area contributed by atoms with Crippen LogP contribution in [0.25, 0.3) is 0 Å². The molecule has 0 spiro atoms. The summed E-state index contributed by atoms with van der Waals surface area (Å²) >= 11 is 0. The molecule has 0 saturated carbocycles. The number of aryl methyl sites for hydroxylation is 1. The molecule has 8 nitrogen and oxygen atoms in total. The Morgan fingerprint density at radius 3 is 2.37 bits per heavy atom. The van der Waals surface area contributed by atoms with Crippen molar-refractivity contribution in [2.75, 3.05) is 40.5 Å². The number of rotatable bonds is 7. The minimum atomic E-state index is -3.76. The van der Waals surface area contributed by atoms with Crippen LogP contribution in [-0.4, -0.2) is 59.2 Å². The van der Waals surface area contributed by atoms with Crippen molar-refractivity contribution in [3.63, 3.8) is 0 Å². The van der Waals surface area contributed by atoms with Crippen molar-refractivity contribution in [1.82, 2.24) is 4.31 Å². The first-order valence-corrected chi connectivity index (χ1v) is 10.9. The Labute approximate surface area is 176 Å². The summed E-state index contributed by atoms with van der Waals surface area (Å²) in [6.45, 7) is 3.11. The fourth-order valence-electron chi connectivity index (χ4n) is 3.18. The predicted octanol–water partition coefficient (Wildman–Crippen LogP) is 2.39. The molecule has 9 heteroatoms. The minimum absolute atomic E-state index is 0.00489. The molecule has 1 aliphatic rings. The number of benzene rings is 2. The lowest BCUT2D eigenvalue weighted by Crippen LogP contribution is -2.40. The first-order chi connectivity index (χ1) is 14.4. The van der Waals surface area contributed by atoms with Crippen LogP contribution in [0.2, 0.25) is 0 Å². The molecular formula is C21H25NO7S. The number of ether oxygens (including phenoxy) is 4. The molecule has 0 bridgehead atoms. The molecule has 1 aliphatic heterocycles. The summed E-state index contributed by atoms with van der Waals surface area (Å²) in [5.41, 5.74) is 1.75. The second kappa shape index (κ2) is 9.46. The molecule has 1 saturated heterocycles. The van der Waals surface area contributed by atoms with E-state index in [4.69, 9.17) is 18.9 Å². The molecule has 0 N–H and O–H groups in total. The van der Waals surface area contributed by atoms with E-state index in [-0.39, 0.29) is 35.9 Å². The molecule has 0 aromatic heterocycles. The number of esters is 1. The third-order valence-electron chi connectivity index (χ3n) is 4.79. The van der Waals surface area contributed by atoms with Crippen LogP contribution in [-0.2, 0) is 26.1 Å². The van der Waals surface area contributed by atoms with Gasteiger partial charge in [0.25, 0.3) is 0 Å². The standard InChI is InChI=1S/C21H25NO7S/c1-15-4-6-19(26-2)16(12-15)14-29-21(23)18-13-17(5-7-20(18)27-3)30(24,25)22-8-10-28-11-9-22/h4-7,12-13H,8-11,14H2,1-3H3. The van der Waals surface area contributed by atoms with E-state index in [1.165, 1.54) is 29.6 Å². The zero-order valence-electron chi connectivity index (χ0n) is 17.2. The van der Waals surface area contributed by atoms with Crippen molar-refractivity contribution < 1.29 is 32.2 Å². The van der Waals surface area contributed by atoms with Crippen molar-refractivity contribution >= 4 is 16.0 Å². The van der Waals surface area contributed by atoms with Crippen LogP contribution in [0.3, 0.4) is 0 Å². The average Bonchev–Trinajstić information content (AvgIpc) is 2.77.